The molecular formula is C17H29NO2. The molecule has 0 radical (unpaired) electrons. The Balaban J connectivity index is 3.01. The average Bonchev–Trinajstić information content (AvgIpc) is 2.43. The Labute approximate surface area is 123 Å². The van der Waals surface area contributed by atoms with Crippen molar-refractivity contribution in [3.63, 3.8) is 0 Å². The number of hydrogen-bond donors (Lipinski definition) is 1. The lowest BCUT2D eigenvalue weighted by atomic mass is 9.91. The fourth-order valence-electron chi connectivity index (χ4n) is 2.66. The average molecular weight is 279 g/mol. The number of rotatable bonds is 9. The third kappa shape index (κ3) is 4.41. The van der Waals surface area contributed by atoms with Gasteiger partial charge in [-0.3, -0.25) is 0 Å². The van der Waals surface area contributed by atoms with Crippen molar-refractivity contribution in [2.24, 2.45) is 5.92 Å². The molecule has 0 bridgehead atoms. The lowest BCUT2D eigenvalue weighted by Gasteiger charge is -2.24. The predicted octanol–water partition coefficient (Wildman–Crippen LogP) is 4.18. The van der Waals surface area contributed by atoms with Crippen LogP contribution in [0.1, 0.15) is 52.1 Å². The molecule has 2 unspecified atom stereocenters. The van der Waals surface area contributed by atoms with Crippen LogP contribution in [-0.4, -0.2) is 20.3 Å². The van der Waals surface area contributed by atoms with Crippen LogP contribution in [0.15, 0.2) is 18.2 Å². The number of nitrogens with one attached hydrogen (secondary N) is 1. The van der Waals surface area contributed by atoms with E-state index in [1.807, 2.05) is 27.0 Å². The first-order valence-corrected chi connectivity index (χ1v) is 7.74. The smallest absolute Gasteiger partial charge is 0.161 e. The molecular weight excluding hydrogens is 250 g/mol. The summed E-state index contributed by atoms with van der Waals surface area (Å²) in [5.74, 6) is 2.27. The van der Waals surface area contributed by atoms with Crippen molar-refractivity contribution < 1.29 is 9.47 Å². The molecule has 0 aliphatic rings. The molecule has 0 heterocycles. The fraction of sp³-hybridized carbons (Fsp3) is 0.647. The summed E-state index contributed by atoms with van der Waals surface area (Å²) in [6, 6.07) is 6.63. The predicted molar refractivity (Wildman–Crippen MR) is 84.7 cm³/mol. The van der Waals surface area contributed by atoms with E-state index in [-0.39, 0.29) is 0 Å². The first-order chi connectivity index (χ1) is 9.67. The van der Waals surface area contributed by atoms with Crippen molar-refractivity contribution in [3.05, 3.63) is 23.8 Å². The zero-order valence-corrected chi connectivity index (χ0v) is 13.5. The molecule has 1 N–H and O–H groups in total. The van der Waals surface area contributed by atoms with E-state index in [2.05, 4.69) is 31.3 Å². The van der Waals surface area contributed by atoms with Gasteiger partial charge in [-0.05, 0) is 50.9 Å². The SMILES string of the molecule is CCCC(C)C(NC)c1ccc(OCC)c(OCC)c1. The summed E-state index contributed by atoms with van der Waals surface area (Å²) in [5, 5.41) is 3.43. The summed E-state index contributed by atoms with van der Waals surface area (Å²) < 4.78 is 11.3. The highest BCUT2D eigenvalue weighted by atomic mass is 16.5. The van der Waals surface area contributed by atoms with E-state index >= 15 is 0 Å². The number of ether oxygens (including phenoxy) is 2. The molecule has 0 fully saturated rings. The summed E-state index contributed by atoms with van der Waals surface area (Å²) in [6.07, 6.45) is 2.41. The minimum absolute atomic E-state index is 0.352. The Hall–Kier alpha value is -1.22. The molecule has 0 saturated carbocycles. The van der Waals surface area contributed by atoms with Gasteiger partial charge in [0, 0.05) is 6.04 Å². The van der Waals surface area contributed by atoms with Gasteiger partial charge in [-0.1, -0.05) is 26.3 Å². The third-order valence-corrected chi connectivity index (χ3v) is 3.55. The van der Waals surface area contributed by atoms with Crippen LogP contribution in [0.4, 0.5) is 0 Å². The molecule has 2 atom stereocenters. The van der Waals surface area contributed by atoms with Crippen molar-refractivity contribution >= 4 is 0 Å². The second kappa shape index (κ2) is 8.85. The largest absolute Gasteiger partial charge is 0.490 e. The van der Waals surface area contributed by atoms with Crippen molar-refractivity contribution in [1.82, 2.24) is 5.32 Å². The standard InChI is InChI=1S/C17H29NO2/c1-6-9-13(4)17(18-5)14-10-11-15(19-7-2)16(12-14)20-8-3/h10-13,17-18H,6-9H2,1-5H3. The highest BCUT2D eigenvalue weighted by molar-refractivity contribution is 5.44. The lowest BCUT2D eigenvalue weighted by molar-refractivity contribution is 0.286. The molecule has 3 nitrogen and oxygen atoms in total. The maximum atomic E-state index is 5.71. The van der Waals surface area contributed by atoms with Crippen LogP contribution in [-0.2, 0) is 0 Å². The number of benzene rings is 1. The van der Waals surface area contributed by atoms with Crippen molar-refractivity contribution in [3.8, 4) is 11.5 Å². The van der Waals surface area contributed by atoms with Gasteiger partial charge in [-0.25, -0.2) is 0 Å². The Morgan fingerprint density at radius 2 is 1.70 bits per heavy atom. The minimum Gasteiger partial charge on any atom is -0.490 e. The first kappa shape index (κ1) is 16.8. The topological polar surface area (TPSA) is 30.5 Å². The summed E-state index contributed by atoms with van der Waals surface area (Å²) in [4.78, 5) is 0. The molecule has 0 aliphatic heterocycles. The summed E-state index contributed by atoms with van der Waals surface area (Å²) in [6.45, 7) is 9.81. The maximum absolute atomic E-state index is 5.71. The van der Waals surface area contributed by atoms with Gasteiger partial charge in [-0.2, -0.15) is 0 Å². The summed E-state index contributed by atoms with van der Waals surface area (Å²) >= 11 is 0. The van der Waals surface area contributed by atoms with Crippen LogP contribution in [0.25, 0.3) is 0 Å². The second-order valence-corrected chi connectivity index (χ2v) is 5.10. The van der Waals surface area contributed by atoms with E-state index in [1.54, 1.807) is 0 Å². The van der Waals surface area contributed by atoms with Crippen LogP contribution < -0.4 is 14.8 Å². The molecule has 1 aromatic rings. The van der Waals surface area contributed by atoms with E-state index in [0.717, 1.165) is 11.5 Å². The maximum Gasteiger partial charge on any atom is 0.161 e. The van der Waals surface area contributed by atoms with E-state index in [0.29, 0.717) is 25.2 Å². The molecule has 20 heavy (non-hydrogen) atoms. The Morgan fingerprint density at radius 1 is 1.05 bits per heavy atom. The van der Waals surface area contributed by atoms with Gasteiger partial charge in [0.05, 0.1) is 13.2 Å². The van der Waals surface area contributed by atoms with E-state index in [9.17, 15) is 0 Å². The van der Waals surface area contributed by atoms with Gasteiger partial charge in [0.1, 0.15) is 0 Å². The molecule has 114 valence electrons. The van der Waals surface area contributed by atoms with E-state index in [1.165, 1.54) is 18.4 Å². The summed E-state index contributed by atoms with van der Waals surface area (Å²) in [5.41, 5.74) is 1.26. The monoisotopic (exact) mass is 279 g/mol. The van der Waals surface area contributed by atoms with Crippen molar-refractivity contribution in [2.75, 3.05) is 20.3 Å². The molecule has 0 spiro atoms. The normalized spacial score (nSPS) is 13.8. The van der Waals surface area contributed by atoms with Crippen LogP contribution in [0.2, 0.25) is 0 Å². The Kier molecular flexibility index (Phi) is 7.45. The van der Waals surface area contributed by atoms with Gasteiger partial charge in [0.2, 0.25) is 0 Å². The highest BCUT2D eigenvalue weighted by Gasteiger charge is 2.18. The van der Waals surface area contributed by atoms with Gasteiger partial charge >= 0.3 is 0 Å². The molecule has 0 aliphatic carbocycles. The molecule has 1 aromatic carbocycles. The van der Waals surface area contributed by atoms with E-state index in [4.69, 9.17) is 9.47 Å². The second-order valence-electron chi connectivity index (χ2n) is 5.10. The molecule has 1 rings (SSSR count). The van der Waals surface area contributed by atoms with Gasteiger partial charge in [-0.15, -0.1) is 0 Å². The van der Waals surface area contributed by atoms with Gasteiger partial charge in [0.25, 0.3) is 0 Å². The Bertz CT molecular complexity index is 393. The van der Waals surface area contributed by atoms with Gasteiger partial charge < -0.3 is 14.8 Å². The van der Waals surface area contributed by atoms with E-state index < -0.39 is 0 Å². The third-order valence-electron chi connectivity index (χ3n) is 3.55. The zero-order chi connectivity index (χ0) is 15.0. The van der Waals surface area contributed by atoms with Crippen LogP contribution in [0.5, 0.6) is 11.5 Å². The highest BCUT2D eigenvalue weighted by Crippen LogP contribution is 2.33. The van der Waals surface area contributed by atoms with Gasteiger partial charge in [0.15, 0.2) is 11.5 Å². The van der Waals surface area contributed by atoms with Crippen LogP contribution in [0.3, 0.4) is 0 Å². The Morgan fingerprint density at radius 3 is 2.25 bits per heavy atom. The molecule has 0 saturated heterocycles. The minimum atomic E-state index is 0.352. The van der Waals surface area contributed by atoms with Crippen LogP contribution in [0, 0.1) is 5.92 Å². The molecule has 0 aromatic heterocycles. The van der Waals surface area contributed by atoms with Crippen molar-refractivity contribution in [2.45, 2.75) is 46.6 Å². The lowest BCUT2D eigenvalue weighted by Crippen LogP contribution is -2.23. The molecule has 0 amide bonds. The van der Waals surface area contributed by atoms with Crippen LogP contribution >= 0.6 is 0 Å². The van der Waals surface area contributed by atoms with Crippen molar-refractivity contribution in [1.29, 1.82) is 0 Å². The first-order valence-electron chi connectivity index (χ1n) is 7.74. The summed E-state index contributed by atoms with van der Waals surface area (Å²) in [7, 11) is 2.02. The molecule has 3 heteroatoms. The quantitative estimate of drug-likeness (QED) is 0.735. The number of hydrogen-bond acceptors (Lipinski definition) is 3. The fourth-order valence-corrected chi connectivity index (χ4v) is 2.66. The zero-order valence-electron chi connectivity index (χ0n) is 13.5.